The second-order valence-corrected chi connectivity index (χ2v) is 16.3. The first-order valence-electron chi connectivity index (χ1n) is 3.12. The molecule has 0 amide bonds. The minimum atomic E-state index is -0.906. The van der Waals surface area contributed by atoms with Crippen LogP contribution in [-0.2, 0) is 12.0 Å². The molecule has 0 fully saturated rings. The molecule has 3 heteroatoms. The van der Waals surface area contributed by atoms with Gasteiger partial charge in [-0.2, -0.15) is 0 Å². The summed E-state index contributed by atoms with van der Waals surface area (Å²) in [5, 5.41) is 0. The SMILES string of the molecule is [Br][Ru]([Br])[C]12C=CC(C=C1)C2. The second kappa shape index (κ2) is 2.53. The van der Waals surface area contributed by atoms with Gasteiger partial charge in [-0.3, -0.25) is 0 Å². The predicted molar refractivity (Wildman–Crippen MR) is 46.9 cm³/mol. The standard InChI is InChI=1S/C7H7.2BrH.Ru/c1-2-7-4-3-6(1)5-7;;;/h1-4,6H,5H2;2*1H;/q;;;+2/p-2. The topological polar surface area (TPSA) is 0 Å². The molecule has 0 N–H and O–H groups in total. The van der Waals surface area contributed by atoms with Crippen molar-refractivity contribution >= 4 is 27.2 Å². The normalized spacial score (nSPS) is 43.0. The van der Waals surface area contributed by atoms with Gasteiger partial charge in [0.15, 0.2) is 0 Å². The van der Waals surface area contributed by atoms with Crippen LogP contribution in [0.5, 0.6) is 0 Å². The van der Waals surface area contributed by atoms with Gasteiger partial charge >= 0.3 is 79.9 Å². The third-order valence-corrected chi connectivity index (χ3v) is 10.4. The number of allylic oxidation sites excluding steroid dienone is 4. The van der Waals surface area contributed by atoms with Gasteiger partial charge in [-0.25, -0.2) is 0 Å². The van der Waals surface area contributed by atoms with Gasteiger partial charge in [-0.05, 0) is 0 Å². The van der Waals surface area contributed by atoms with Gasteiger partial charge < -0.3 is 0 Å². The Balaban J connectivity index is 2.31. The van der Waals surface area contributed by atoms with E-state index in [0.29, 0.717) is 4.01 Å². The van der Waals surface area contributed by atoms with E-state index in [0.717, 1.165) is 5.92 Å². The summed E-state index contributed by atoms with van der Waals surface area (Å²) >= 11 is 6.50. The summed E-state index contributed by atoms with van der Waals surface area (Å²) < 4.78 is 0.426. The predicted octanol–water partition coefficient (Wildman–Crippen LogP) is 3.53. The van der Waals surface area contributed by atoms with E-state index in [1.807, 2.05) is 0 Å². The zero-order chi connectivity index (χ0) is 7.19. The monoisotopic (exact) mass is 351 g/mol. The summed E-state index contributed by atoms with van der Waals surface area (Å²) in [4.78, 5) is 0. The Morgan fingerprint density at radius 1 is 1.30 bits per heavy atom. The van der Waals surface area contributed by atoms with Gasteiger partial charge in [0.1, 0.15) is 0 Å². The Kier molecular flexibility index (Phi) is 1.95. The van der Waals surface area contributed by atoms with Crippen LogP contribution in [-0.4, -0.2) is 0 Å². The first kappa shape index (κ1) is 7.70. The third kappa shape index (κ3) is 1.02. The third-order valence-electron chi connectivity index (χ3n) is 2.03. The summed E-state index contributed by atoms with van der Waals surface area (Å²) in [6.45, 7) is 0. The Labute approximate surface area is 79.4 Å². The molecular weight excluding hydrogens is 345 g/mol. The first-order chi connectivity index (χ1) is 4.73. The van der Waals surface area contributed by atoms with E-state index in [2.05, 4.69) is 51.6 Å². The van der Waals surface area contributed by atoms with Crippen LogP contribution < -0.4 is 0 Å². The molecule has 0 heterocycles. The summed E-state index contributed by atoms with van der Waals surface area (Å²) in [5.74, 6) is 0.742. The molecule has 0 radical (unpaired) electrons. The molecule has 0 nitrogen and oxygen atoms in total. The van der Waals surface area contributed by atoms with Crippen molar-refractivity contribution in [3.8, 4) is 0 Å². The molecule has 0 aromatic heterocycles. The maximum absolute atomic E-state index is 3.70. The van der Waals surface area contributed by atoms with Crippen LogP contribution in [0.2, 0.25) is 4.01 Å². The molecule has 10 heavy (non-hydrogen) atoms. The van der Waals surface area contributed by atoms with Gasteiger partial charge in [0.05, 0.1) is 0 Å². The molecule has 0 aliphatic heterocycles. The van der Waals surface area contributed by atoms with E-state index in [1.165, 1.54) is 6.42 Å². The molecule has 0 saturated heterocycles. The molecule has 0 spiro atoms. The van der Waals surface area contributed by atoms with E-state index in [1.54, 1.807) is 0 Å². The molecule has 0 saturated carbocycles. The van der Waals surface area contributed by atoms with Crippen LogP contribution >= 0.6 is 27.2 Å². The van der Waals surface area contributed by atoms with Gasteiger partial charge in [0.2, 0.25) is 0 Å². The van der Waals surface area contributed by atoms with Crippen molar-refractivity contribution in [3.63, 3.8) is 0 Å². The van der Waals surface area contributed by atoms with Crippen molar-refractivity contribution in [2.24, 2.45) is 5.92 Å². The van der Waals surface area contributed by atoms with Crippen LogP contribution in [0.3, 0.4) is 0 Å². The molecule has 0 aromatic carbocycles. The Morgan fingerprint density at radius 3 is 2.10 bits per heavy atom. The zero-order valence-electron chi connectivity index (χ0n) is 5.20. The van der Waals surface area contributed by atoms with Crippen LogP contribution in [0.25, 0.3) is 0 Å². The number of hydrogen-bond acceptors (Lipinski definition) is 0. The summed E-state index contributed by atoms with van der Waals surface area (Å²) in [6.07, 6.45) is 10.7. The number of halogens is 2. The van der Waals surface area contributed by atoms with E-state index >= 15 is 0 Å². The summed E-state index contributed by atoms with van der Waals surface area (Å²) in [6, 6.07) is 0. The van der Waals surface area contributed by atoms with Crippen molar-refractivity contribution < 1.29 is 12.0 Å². The molecule has 2 aliphatic rings. The van der Waals surface area contributed by atoms with Crippen molar-refractivity contribution in [2.75, 3.05) is 0 Å². The molecule has 0 aromatic rings. The zero-order valence-corrected chi connectivity index (χ0v) is 10.1. The number of rotatable bonds is 1. The van der Waals surface area contributed by atoms with Crippen molar-refractivity contribution in [2.45, 2.75) is 10.4 Å². The first-order valence-corrected chi connectivity index (χ1v) is 11.9. The van der Waals surface area contributed by atoms with Gasteiger partial charge in [-0.15, -0.1) is 0 Å². The molecule has 2 rings (SSSR count). The fourth-order valence-electron chi connectivity index (χ4n) is 1.45. The maximum atomic E-state index is 3.70. The van der Waals surface area contributed by atoms with E-state index in [-0.39, 0.29) is 0 Å². The van der Waals surface area contributed by atoms with Crippen LogP contribution in [0, 0.1) is 5.92 Å². The number of hydrogen-bond donors (Lipinski definition) is 0. The van der Waals surface area contributed by atoms with Gasteiger partial charge in [-0.1, -0.05) is 0 Å². The van der Waals surface area contributed by atoms with E-state index in [4.69, 9.17) is 0 Å². The van der Waals surface area contributed by atoms with Crippen LogP contribution in [0.1, 0.15) is 6.42 Å². The molecule has 0 unspecified atom stereocenters. The van der Waals surface area contributed by atoms with Crippen LogP contribution in [0.15, 0.2) is 24.3 Å². The van der Waals surface area contributed by atoms with Crippen molar-refractivity contribution in [1.29, 1.82) is 0 Å². The second-order valence-electron chi connectivity index (χ2n) is 2.67. The van der Waals surface area contributed by atoms with E-state index < -0.39 is 12.0 Å². The number of fused-ring (bicyclic) bond motifs is 2. The van der Waals surface area contributed by atoms with Gasteiger partial charge in [0.25, 0.3) is 0 Å². The molecule has 2 aliphatic carbocycles. The Bertz CT molecular complexity index is 194. The summed E-state index contributed by atoms with van der Waals surface area (Å²) in [7, 11) is 0. The average Bonchev–Trinajstić information content (AvgIpc) is 2.45. The van der Waals surface area contributed by atoms with Crippen molar-refractivity contribution in [3.05, 3.63) is 24.3 Å². The molecule has 2 bridgehead atoms. The van der Waals surface area contributed by atoms with E-state index in [9.17, 15) is 0 Å². The summed E-state index contributed by atoms with van der Waals surface area (Å²) in [5.41, 5.74) is 0. The molecule has 0 atom stereocenters. The van der Waals surface area contributed by atoms with Crippen LogP contribution in [0.4, 0.5) is 0 Å². The Hall–Kier alpha value is 1.06. The Morgan fingerprint density at radius 2 is 1.90 bits per heavy atom. The fraction of sp³-hybridized carbons (Fsp3) is 0.429. The van der Waals surface area contributed by atoms with Crippen molar-refractivity contribution in [1.82, 2.24) is 0 Å². The minimum absolute atomic E-state index is 0.426. The molecule has 57 valence electrons. The average molecular weight is 352 g/mol. The molecular formula is C7H7Br2Ru. The van der Waals surface area contributed by atoms with Gasteiger partial charge in [0, 0.05) is 0 Å². The quantitative estimate of drug-likeness (QED) is 0.501. The fourth-order valence-corrected chi connectivity index (χ4v) is 6.47.